The zero-order valence-corrected chi connectivity index (χ0v) is 11.5. The highest BCUT2D eigenvalue weighted by atomic mass is 32.2. The number of hydrogen-bond donors (Lipinski definition) is 1. The standard InChI is InChI=1S/C11H16N2O2S2/c1-9(11(12)16)13(2)17(14,15)8-10-6-4-3-5-7-10/h3-7,9H,8H2,1-2H3,(H2,12,16). The molecule has 94 valence electrons. The van der Waals surface area contributed by atoms with Gasteiger partial charge < -0.3 is 5.73 Å². The highest BCUT2D eigenvalue weighted by Gasteiger charge is 2.24. The van der Waals surface area contributed by atoms with Crippen molar-refractivity contribution >= 4 is 27.2 Å². The third kappa shape index (κ3) is 3.76. The fourth-order valence-electron chi connectivity index (χ4n) is 1.31. The van der Waals surface area contributed by atoms with Crippen molar-refractivity contribution in [3.8, 4) is 0 Å². The molecule has 0 aliphatic heterocycles. The minimum atomic E-state index is -3.39. The van der Waals surface area contributed by atoms with Gasteiger partial charge in [0.05, 0.1) is 16.8 Å². The van der Waals surface area contributed by atoms with Gasteiger partial charge in [0.15, 0.2) is 0 Å². The monoisotopic (exact) mass is 272 g/mol. The van der Waals surface area contributed by atoms with E-state index in [-0.39, 0.29) is 10.7 Å². The van der Waals surface area contributed by atoms with Gasteiger partial charge in [-0.05, 0) is 12.5 Å². The summed E-state index contributed by atoms with van der Waals surface area (Å²) in [6, 6.07) is 8.54. The Labute approximate surface area is 107 Å². The van der Waals surface area contributed by atoms with Crippen molar-refractivity contribution in [2.75, 3.05) is 7.05 Å². The average Bonchev–Trinajstić information content (AvgIpc) is 2.27. The maximum atomic E-state index is 12.1. The summed E-state index contributed by atoms with van der Waals surface area (Å²) in [6.45, 7) is 1.67. The van der Waals surface area contributed by atoms with Crippen molar-refractivity contribution in [1.82, 2.24) is 4.31 Å². The van der Waals surface area contributed by atoms with E-state index in [0.717, 1.165) is 5.56 Å². The Morgan fingerprint density at radius 2 is 1.94 bits per heavy atom. The lowest BCUT2D eigenvalue weighted by Crippen LogP contribution is -2.43. The van der Waals surface area contributed by atoms with Crippen molar-refractivity contribution in [3.05, 3.63) is 35.9 Å². The molecule has 0 radical (unpaired) electrons. The topological polar surface area (TPSA) is 63.4 Å². The molecule has 0 bridgehead atoms. The molecule has 0 saturated heterocycles. The molecule has 6 heteroatoms. The Morgan fingerprint density at radius 1 is 1.41 bits per heavy atom. The Balaban J connectivity index is 2.86. The average molecular weight is 272 g/mol. The molecule has 0 amide bonds. The van der Waals surface area contributed by atoms with E-state index in [0.29, 0.717) is 0 Å². The second-order valence-electron chi connectivity index (χ2n) is 3.84. The van der Waals surface area contributed by atoms with Crippen molar-refractivity contribution < 1.29 is 8.42 Å². The maximum absolute atomic E-state index is 12.1. The fraction of sp³-hybridized carbons (Fsp3) is 0.364. The number of rotatable bonds is 5. The van der Waals surface area contributed by atoms with Gasteiger partial charge in [0.25, 0.3) is 0 Å². The van der Waals surface area contributed by atoms with E-state index >= 15 is 0 Å². The number of benzene rings is 1. The molecule has 4 nitrogen and oxygen atoms in total. The van der Waals surface area contributed by atoms with Gasteiger partial charge in [-0.3, -0.25) is 0 Å². The molecule has 2 N–H and O–H groups in total. The molecule has 1 unspecified atom stereocenters. The number of nitrogens with two attached hydrogens (primary N) is 1. The Bertz CT molecular complexity index is 485. The van der Waals surface area contributed by atoms with Gasteiger partial charge in [0.2, 0.25) is 10.0 Å². The Kier molecular flexibility index (Phi) is 4.62. The molecular formula is C11H16N2O2S2. The summed E-state index contributed by atoms with van der Waals surface area (Å²) in [6.07, 6.45) is 0. The Hall–Kier alpha value is -0.980. The smallest absolute Gasteiger partial charge is 0.218 e. The molecule has 0 aromatic heterocycles. The van der Waals surface area contributed by atoms with E-state index in [4.69, 9.17) is 18.0 Å². The summed E-state index contributed by atoms with van der Waals surface area (Å²) in [5, 5.41) is 0. The zero-order chi connectivity index (χ0) is 13.1. The van der Waals surface area contributed by atoms with E-state index in [1.54, 1.807) is 19.1 Å². The van der Waals surface area contributed by atoms with Crippen molar-refractivity contribution in [1.29, 1.82) is 0 Å². The molecule has 0 heterocycles. The number of hydrogen-bond acceptors (Lipinski definition) is 3. The summed E-state index contributed by atoms with van der Waals surface area (Å²) in [5.74, 6) is -0.0444. The third-order valence-corrected chi connectivity index (χ3v) is 4.82. The molecule has 1 aromatic carbocycles. The minimum absolute atomic E-state index is 0.0444. The van der Waals surface area contributed by atoms with Crippen LogP contribution < -0.4 is 5.73 Å². The third-order valence-electron chi connectivity index (χ3n) is 2.59. The van der Waals surface area contributed by atoms with Gasteiger partial charge in [0, 0.05) is 7.05 Å². The predicted octanol–water partition coefficient (Wildman–Crippen LogP) is 1.12. The number of nitrogens with zero attached hydrogens (tertiary/aromatic N) is 1. The molecule has 0 aliphatic rings. The van der Waals surface area contributed by atoms with Crippen molar-refractivity contribution in [2.45, 2.75) is 18.7 Å². The second-order valence-corrected chi connectivity index (χ2v) is 6.34. The van der Waals surface area contributed by atoms with Gasteiger partial charge in [-0.2, -0.15) is 4.31 Å². The van der Waals surface area contributed by atoms with Crippen LogP contribution in [-0.4, -0.2) is 30.8 Å². The van der Waals surface area contributed by atoms with Crippen molar-refractivity contribution in [3.63, 3.8) is 0 Å². The van der Waals surface area contributed by atoms with Crippen LogP contribution in [0.25, 0.3) is 0 Å². The molecule has 17 heavy (non-hydrogen) atoms. The first-order chi connectivity index (χ1) is 7.84. The van der Waals surface area contributed by atoms with Gasteiger partial charge in [0.1, 0.15) is 0 Å². The van der Waals surface area contributed by atoms with Crippen LogP contribution in [0, 0.1) is 0 Å². The van der Waals surface area contributed by atoms with E-state index < -0.39 is 16.1 Å². The van der Waals surface area contributed by atoms with Crippen LogP contribution in [0.3, 0.4) is 0 Å². The number of thiocarbonyl (C=S) groups is 1. The summed E-state index contributed by atoms with van der Waals surface area (Å²) < 4.78 is 25.3. The highest BCUT2D eigenvalue weighted by Crippen LogP contribution is 2.12. The number of likely N-dealkylation sites (N-methyl/N-ethyl adjacent to an activating group) is 1. The first kappa shape index (κ1) is 14.1. The second kappa shape index (κ2) is 5.57. The SMILES string of the molecule is CC(C(N)=S)N(C)S(=O)(=O)Cc1ccccc1. The van der Waals surface area contributed by atoms with Gasteiger partial charge in [-0.15, -0.1) is 0 Å². The largest absolute Gasteiger partial charge is 0.392 e. The molecular weight excluding hydrogens is 256 g/mol. The van der Waals surface area contributed by atoms with Gasteiger partial charge in [-0.25, -0.2) is 8.42 Å². The summed E-state index contributed by atoms with van der Waals surface area (Å²) in [7, 11) is -1.90. The van der Waals surface area contributed by atoms with Crippen LogP contribution >= 0.6 is 12.2 Å². The van der Waals surface area contributed by atoms with E-state index in [9.17, 15) is 8.42 Å². The van der Waals surface area contributed by atoms with Crippen LogP contribution in [-0.2, 0) is 15.8 Å². The maximum Gasteiger partial charge on any atom is 0.218 e. The normalized spacial score (nSPS) is 13.6. The summed E-state index contributed by atoms with van der Waals surface area (Å²) in [4.78, 5) is 0.170. The van der Waals surface area contributed by atoms with Crippen LogP contribution in [0.4, 0.5) is 0 Å². The molecule has 1 rings (SSSR count). The van der Waals surface area contributed by atoms with Crippen LogP contribution in [0.2, 0.25) is 0 Å². The lowest BCUT2D eigenvalue weighted by atomic mass is 10.2. The molecule has 0 spiro atoms. The van der Waals surface area contributed by atoms with Gasteiger partial charge in [-0.1, -0.05) is 42.5 Å². The first-order valence-corrected chi connectivity index (χ1v) is 7.15. The lowest BCUT2D eigenvalue weighted by molar-refractivity contribution is 0.451. The first-order valence-electron chi connectivity index (χ1n) is 5.13. The van der Waals surface area contributed by atoms with E-state index in [1.807, 2.05) is 18.2 Å². The molecule has 1 aromatic rings. The van der Waals surface area contributed by atoms with E-state index in [1.165, 1.54) is 11.4 Å². The molecule has 0 saturated carbocycles. The summed E-state index contributed by atoms with van der Waals surface area (Å²) in [5.41, 5.74) is 6.20. The minimum Gasteiger partial charge on any atom is -0.392 e. The lowest BCUT2D eigenvalue weighted by Gasteiger charge is -2.23. The molecule has 0 aliphatic carbocycles. The van der Waals surface area contributed by atoms with Crippen LogP contribution in [0.1, 0.15) is 12.5 Å². The zero-order valence-electron chi connectivity index (χ0n) is 9.83. The van der Waals surface area contributed by atoms with Crippen LogP contribution in [0.15, 0.2) is 30.3 Å². The van der Waals surface area contributed by atoms with Crippen LogP contribution in [0.5, 0.6) is 0 Å². The summed E-state index contributed by atoms with van der Waals surface area (Å²) >= 11 is 4.80. The highest BCUT2D eigenvalue weighted by molar-refractivity contribution is 7.88. The molecule has 0 fully saturated rings. The van der Waals surface area contributed by atoms with Crippen molar-refractivity contribution in [2.24, 2.45) is 5.73 Å². The predicted molar refractivity (Wildman–Crippen MR) is 73.1 cm³/mol. The van der Waals surface area contributed by atoms with E-state index in [2.05, 4.69) is 0 Å². The molecule has 1 atom stereocenters. The quantitative estimate of drug-likeness (QED) is 0.816. The Morgan fingerprint density at radius 3 is 2.41 bits per heavy atom. The van der Waals surface area contributed by atoms with Gasteiger partial charge >= 0.3 is 0 Å². The number of sulfonamides is 1. The fourth-order valence-corrected chi connectivity index (χ4v) is 2.94.